The zero-order valence-electron chi connectivity index (χ0n) is 10.9. The molecule has 1 aliphatic carbocycles. The second-order valence-electron chi connectivity index (χ2n) is 4.71. The van der Waals surface area contributed by atoms with Crippen molar-refractivity contribution in [3.63, 3.8) is 0 Å². The monoisotopic (exact) mass is 280 g/mol. The molecule has 108 valence electrons. The number of nitrogens with one attached hydrogen (secondary N) is 1. The lowest BCUT2D eigenvalue weighted by molar-refractivity contribution is 0.210. The van der Waals surface area contributed by atoms with E-state index in [1.807, 2.05) is 0 Å². The van der Waals surface area contributed by atoms with E-state index in [0.29, 0.717) is 18.7 Å². The molecule has 0 saturated heterocycles. The molecule has 1 aliphatic rings. The number of nitrogens with two attached hydrogens (primary N) is 1. The van der Waals surface area contributed by atoms with E-state index in [0.717, 1.165) is 12.8 Å². The summed E-state index contributed by atoms with van der Waals surface area (Å²) < 4.78 is 13.1. The summed E-state index contributed by atoms with van der Waals surface area (Å²) in [7, 11) is 0. The highest BCUT2D eigenvalue weighted by molar-refractivity contribution is 5.90. The molecule has 0 radical (unpaired) electrons. The Morgan fingerprint density at radius 1 is 1.55 bits per heavy atom. The number of amidine groups is 1. The molecule has 1 aromatic carbocycles. The number of benzene rings is 1. The van der Waals surface area contributed by atoms with Gasteiger partial charge in [-0.3, -0.25) is 0 Å². The Morgan fingerprint density at radius 2 is 2.30 bits per heavy atom. The van der Waals surface area contributed by atoms with Gasteiger partial charge < -0.3 is 21.2 Å². The molecular weight excluding hydrogens is 263 g/mol. The Balaban J connectivity index is 1.96. The molecule has 2 rings (SSSR count). The first-order valence-electron chi connectivity index (χ1n) is 6.39. The number of hydrogen-bond donors (Lipinski definition) is 3. The maximum absolute atomic E-state index is 13.1. The topological polar surface area (TPSA) is 91.0 Å². The highest BCUT2D eigenvalue weighted by atomic mass is 19.1. The Morgan fingerprint density at radius 3 is 2.90 bits per heavy atom. The van der Waals surface area contributed by atoms with Crippen LogP contribution in [0.3, 0.4) is 0 Å². The molecule has 0 spiro atoms. The van der Waals surface area contributed by atoms with Gasteiger partial charge in [-0.25, -0.2) is 9.18 Å². The van der Waals surface area contributed by atoms with Crippen LogP contribution in [0.2, 0.25) is 0 Å². The van der Waals surface area contributed by atoms with Crippen molar-refractivity contribution in [3.05, 3.63) is 30.1 Å². The molecule has 2 amide bonds. The molecule has 1 fully saturated rings. The maximum atomic E-state index is 13.1. The predicted octanol–water partition coefficient (Wildman–Crippen LogP) is 1.96. The van der Waals surface area contributed by atoms with Crippen molar-refractivity contribution in [3.8, 4) is 0 Å². The number of carbonyl (C=O) groups is 1. The maximum Gasteiger partial charge on any atom is 0.322 e. The van der Waals surface area contributed by atoms with Gasteiger partial charge in [0.2, 0.25) is 0 Å². The van der Waals surface area contributed by atoms with Crippen molar-refractivity contribution in [2.45, 2.75) is 25.3 Å². The van der Waals surface area contributed by atoms with Gasteiger partial charge in [0, 0.05) is 24.7 Å². The van der Waals surface area contributed by atoms with Gasteiger partial charge >= 0.3 is 6.03 Å². The number of urea groups is 1. The predicted molar refractivity (Wildman–Crippen MR) is 73.2 cm³/mol. The minimum atomic E-state index is -0.405. The smallest absolute Gasteiger partial charge is 0.322 e. The van der Waals surface area contributed by atoms with Crippen LogP contribution in [-0.2, 0) is 0 Å². The number of rotatable bonds is 5. The summed E-state index contributed by atoms with van der Waals surface area (Å²) in [4.78, 5) is 13.8. The van der Waals surface area contributed by atoms with Crippen molar-refractivity contribution in [2.75, 3.05) is 11.9 Å². The Hall–Kier alpha value is -2.31. The van der Waals surface area contributed by atoms with Gasteiger partial charge in [0.05, 0.1) is 0 Å². The van der Waals surface area contributed by atoms with Crippen LogP contribution in [-0.4, -0.2) is 34.6 Å². The van der Waals surface area contributed by atoms with Crippen molar-refractivity contribution in [1.82, 2.24) is 4.90 Å². The number of amides is 2. The van der Waals surface area contributed by atoms with E-state index in [9.17, 15) is 9.18 Å². The van der Waals surface area contributed by atoms with Crippen LogP contribution >= 0.6 is 0 Å². The number of anilines is 1. The van der Waals surface area contributed by atoms with E-state index in [-0.39, 0.29) is 17.9 Å². The molecule has 0 bridgehead atoms. The van der Waals surface area contributed by atoms with Crippen LogP contribution < -0.4 is 11.1 Å². The second-order valence-corrected chi connectivity index (χ2v) is 4.71. The summed E-state index contributed by atoms with van der Waals surface area (Å²) in [5, 5.41) is 14.0. The normalized spacial score (nSPS) is 14.9. The van der Waals surface area contributed by atoms with Gasteiger partial charge in [-0.05, 0) is 31.0 Å². The highest BCUT2D eigenvalue weighted by Crippen LogP contribution is 2.27. The molecule has 0 aliphatic heterocycles. The summed E-state index contributed by atoms with van der Waals surface area (Å²) in [6.07, 6.45) is 2.17. The summed E-state index contributed by atoms with van der Waals surface area (Å²) in [5.74, 6) is -0.327. The molecule has 1 saturated carbocycles. The quantitative estimate of drug-likeness (QED) is 0.333. The Kier molecular flexibility index (Phi) is 4.39. The summed E-state index contributed by atoms with van der Waals surface area (Å²) in [6, 6.07) is 5.59. The van der Waals surface area contributed by atoms with Crippen molar-refractivity contribution < 1.29 is 14.4 Å². The van der Waals surface area contributed by atoms with Gasteiger partial charge in [0.15, 0.2) is 0 Å². The molecule has 0 atom stereocenters. The van der Waals surface area contributed by atoms with Crippen LogP contribution in [0.15, 0.2) is 29.4 Å². The summed E-state index contributed by atoms with van der Waals surface area (Å²) in [6.45, 7) is 0.363. The van der Waals surface area contributed by atoms with E-state index >= 15 is 0 Å². The van der Waals surface area contributed by atoms with Gasteiger partial charge in [-0.1, -0.05) is 11.2 Å². The van der Waals surface area contributed by atoms with Gasteiger partial charge in [-0.15, -0.1) is 0 Å². The number of hydrogen-bond acceptors (Lipinski definition) is 3. The van der Waals surface area contributed by atoms with E-state index in [4.69, 9.17) is 10.9 Å². The van der Waals surface area contributed by atoms with Crippen LogP contribution in [0, 0.1) is 5.82 Å². The van der Waals surface area contributed by atoms with Crippen molar-refractivity contribution >= 4 is 17.6 Å². The molecule has 1 aromatic rings. The third-order valence-corrected chi connectivity index (χ3v) is 3.06. The van der Waals surface area contributed by atoms with Gasteiger partial charge in [0.25, 0.3) is 0 Å². The fourth-order valence-corrected chi connectivity index (χ4v) is 1.88. The molecule has 0 heterocycles. The van der Waals surface area contributed by atoms with Crippen LogP contribution in [0.4, 0.5) is 14.9 Å². The van der Waals surface area contributed by atoms with Gasteiger partial charge in [-0.2, -0.15) is 0 Å². The fourth-order valence-electron chi connectivity index (χ4n) is 1.88. The minimum Gasteiger partial charge on any atom is -0.409 e. The number of carbonyl (C=O) groups excluding carboxylic acids is 1. The molecule has 4 N–H and O–H groups in total. The SMILES string of the molecule is NC(CCN(C(=O)Nc1cccc(F)c1)C1CC1)=NO. The number of oxime groups is 1. The molecule has 7 heteroatoms. The lowest BCUT2D eigenvalue weighted by atomic mass is 10.3. The average Bonchev–Trinajstić information content (AvgIpc) is 3.23. The fraction of sp³-hybridized carbons (Fsp3) is 0.385. The second kappa shape index (κ2) is 6.23. The Bertz CT molecular complexity index is 517. The third-order valence-electron chi connectivity index (χ3n) is 3.06. The lowest BCUT2D eigenvalue weighted by Gasteiger charge is -2.22. The third kappa shape index (κ3) is 3.84. The molecule has 0 aromatic heterocycles. The first kappa shape index (κ1) is 14.1. The first-order valence-corrected chi connectivity index (χ1v) is 6.39. The van der Waals surface area contributed by atoms with E-state index < -0.39 is 5.82 Å². The standard InChI is InChI=1S/C13H17FN4O2/c14-9-2-1-3-10(8-9)16-13(19)18(11-4-5-11)7-6-12(15)17-20/h1-3,8,11,20H,4-7H2,(H2,15,17)(H,16,19). The van der Waals surface area contributed by atoms with E-state index in [1.54, 1.807) is 11.0 Å². The van der Waals surface area contributed by atoms with Gasteiger partial charge in [0.1, 0.15) is 11.7 Å². The van der Waals surface area contributed by atoms with Crippen molar-refractivity contribution in [2.24, 2.45) is 10.9 Å². The van der Waals surface area contributed by atoms with E-state index in [2.05, 4.69) is 10.5 Å². The number of nitrogens with zero attached hydrogens (tertiary/aromatic N) is 2. The first-order chi connectivity index (χ1) is 9.60. The molecule has 6 nitrogen and oxygen atoms in total. The molecule has 20 heavy (non-hydrogen) atoms. The van der Waals surface area contributed by atoms with E-state index in [1.165, 1.54) is 18.2 Å². The number of halogens is 1. The zero-order chi connectivity index (χ0) is 14.5. The van der Waals surface area contributed by atoms with Crippen LogP contribution in [0.1, 0.15) is 19.3 Å². The summed E-state index contributed by atoms with van der Waals surface area (Å²) >= 11 is 0. The van der Waals surface area contributed by atoms with Crippen LogP contribution in [0.25, 0.3) is 0 Å². The molecular formula is C13H17FN4O2. The largest absolute Gasteiger partial charge is 0.409 e. The average molecular weight is 280 g/mol. The zero-order valence-corrected chi connectivity index (χ0v) is 10.9. The summed E-state index contributed by atoms with van der Waals surface area (Å²) in [5.41, 5.74) is 5.81. The Labute approximate surface area is 116 Å². The molecule has 0 unspecified atom stereocenters. The van der Waals surface area contributed by atoms with Crippen molar-refractivity contribution in [1.29, 1.82) is 0 Å². The highest BCUT2D eigenvalue weighted by Gasteiger charge is 2.32. The van der Waals surface area contributed by atoms with Crippen LogP contribution in [0.5, 0.6) is 0 Å². The lowest BCUT2D eigenvalue weighted by Crippen LogP contribution is -2.38. The minimum absolute atomic E-state index is 0.0780.